The van der Waals surface area contributed by atoms with Gasteiger partial charge in [-0.05, 0) is 38.1 Å². The predicted octanol–water partition coefficient (Wildman–Crippen LogP) is 2.95. The SMILES string of the molecule is COc1ccc(C=O)cc1-c1ccnn1C(C)C. The summed E-state index contributed by atoms with van der Waals surface area (Å²) in [5.41, 5.74) is 2.46. The van der Waals surface area contributed by atoms with Crippen molar-refractivity contribution >= 4 is 6.29 Å². The molecule has 2 rings (SSSR count). The Labute approximate surface area is 106 Å². The van der Waals surface area contributed by atoms with Gasteiger partial charge in [-0.1, -0.05) is 0 Å². The number of benzene rings is 1. The number of carbonyl (C=O) groups is 1. The van der Waals surface area contributed by atoms with Crippen LogP contribution in [-0.4, -0.2) is 23.2 Å². The maximum Gasteiger partial charge on any atom is 0.150 e. The molecule has 0 saturated heterocycles. The van der Waals surface area contributed by atoms with Gasteiger partial charge in [-0.2, -0.15) is 5.10 Å². The molecule has 94 valence electrons. The van der Waals surface area contributed by atoms with Crippen LogP contribution in [0.1, 0.15) is 30.2 Å². The maximum absolute atomic E-state index is 10.9. The van der Waals surface area contributed by atoms with Gasteiger partial charge in [0.2, 0.25) is 0 Å². The van der Waals surface area contributed by atoms with Gasteiger partial charge < -0.3 is 4.74 Å². The molecule has 4 heteroatoms. The molecule has 4 nitrogen and oxygen atoms in total. The summed E-state index contributed by atoms with van der Waals surface area (Å²) in [6, 6.07) is 7.54. The molecule has 0 aliphatic rings. The van der Waals surface area contributed by atoms with Crippen LogP contribution in [0, 0.1) is 0 Å². The molecule has 1 aromatic carbocycles. The second-order valence-corrected chi connectivity index (χ2v) is 4.33. The van der Waals surface area contributed by atoms with Crippen molar-refractivity contribution in [2.75, 3.05) is 7.11 Å². The molecule has 0 fully saturated rings. The lowest BCUT2D eigenvalue weighted by Crippen LogP contribution is -2.05. The number of carbonyl (C=O) groups excluding carboxylic acids is 1. The van der Waals surface area contributed by atoms with Gasteiger partial charge in [0, 0.05) is 23.4 Å². The summed E-state index contributed by atoms with van der Waals surface area (Å²) in [4.78, 5) is 10.9. The number of ether oxygens (including phenoxy) is 1. The van der Waals surface area contributed by atoms with Crippen molar-refractivity contribution in [2.45, 2.75) is 19.9 Å². The molecule has 0 N–H and O–H groups in total. The third kappa shape index (κ3) is 2.14. The summed E-state index contributed by atoms with van der Waals surface area (Å²) in [5, 5.41) is 4.30. The zero-order valence-electron chi connectivity index (χ0n) is 10.8. The number of methoxy groups -OCH3 is 1. The number of aromatic nitrogens is 2. The molecule has 0 aliphatic heterocycles. The number of hydrogen-bond acceptors (Lipinski definition) is 3. The van der Waals surface area contributed by atoms with Crippen LogP contribution in [0.4, 0.5) is 0 Å². The Bertz CT molecular complexity index is 559. The van der Waals surface area contributed by atoms with Gasteiger partial charge in [0.05, 0.1) is 12.8 Å². The first kappa shape index (κ1) is 12.4. The Hall–Kier alpha value is -2.10. The average molecular weight is 244 g/mol. The molecule has 0 unspecified atom stereocenters. The summed E-state index contributed by atoms with van der Waals surface area (Å²) in [6.45, 7) is 4.12. The summed E-state index contributed by atoms with van der Waals surface area (Å²) >= 11 is 0. The van der Waals surface area contributed by atoms with Crippen LogP contribution in [0.15, 0.2) is 30.5 Å². The Balaban J connectivity index is 2.61. The number of aldehydes is 1. The van der Waals surface area contributed by atoms with Gasteiger partial charge in [0.1, 0.15) is 12.0 Å². The summed E-state index contributed by atoms with van der Waals surface area (Å²) in [5.74, 6) is 0.739. The standard InChI is InChI=1S/C14H16N2O2/c1-10(2)16-13(6-7-15-16)12-8-11(9-17)4-5-14(12)18-3/h4-10H,1-3H3. The van der Waals surface area contributed by atoms with E-state index in [0.717, 1.165) is 23.3 Å². The zero-order valence-corrected chi connectivity index (χ0v) is 10.8. The van der Waals surface area contributed by atoms with Crippen LogP contribution in [0.2, 0.25) is 0 Å². The highest BCUT2D eigenvalue weighted by molar-refractivity contribution is 5.80. The van der Waals surface area contributed by atoms with Gasteiger partial charge in [-0.25, -0.2) is 0 Å². The van der Waals surface area contributed by atoms with Crippen molar-refractivity contribution in [1.29, 1.82) is 0 Å². The van der Waals surface area contributed by atoms with Gasteiger partial charge in [-0.3, -0.25) is 9.48 Å². The van der Waals surface area contributed by atoms with Gasteiger partial charge in [0.25, 0.3) is 0 Å². The summed E-state index contributed by atoms with van der Waals surface area (Å²) in [6.07, 6.45) is 2.58. The highest BCUT2D eigenvalue weighted by Crippen LogP contribution is 2.31. The quantitative estimate of drug-likeness (QED) is 0.777. The molecule has 1 aromatic heterocycles. The van der Waals surface area contributed by atoms with Crippen molar-refractivity contribution < 1.29 is 9.53 Å². The summed E-state index contributed by atoms with van der Waals surface area (Å²) < 4.78 is 7.26. The van der Waals surface area contributed by atoms with Crippen LogP contribution < -0.4 is 4.74 Å². The van der Waals surface area contributed by atoms with E-state index in [4.69, 9.17) is 4.74 Å². The summed E-state index contributed by atoms with van der Waals surface area (Å²) in [7, 11) is 1.62. The minimum Gasteiger partial charge on any atom is -0.496 e. The average Bonchev–Trinajstić information content (AvgIpc) is 2.87. The van der Waals surface area contributed by atoms with Crippen LogP contribution in [-0.2, 0) is 0 Å². The Morgan fingerprint density at radius 3 is 2.72 bits per heavy atom. The fraction of sp³-hybridized carbons (Fsp3) is 0.286. The molecule has 1 heterocycles. The topological polar surface area (TPSA) is 44.1 Å². The van der Waals surface area contributed by atoms with Gasteiger partial charge >= 0.3 is 0 Å². The minimum absolute atomic E-state index is 0.250. The minimum atomic E-state index is 0.250. The third-order valence-corrected chi connectivity index (χ3v) is 2.80. The van der Waals surface area contributed by atoms with E-state index in [1.165, 1.54) is 0 Å². The fourth-order valence-corrected chi connectivity index (χ4v) is 1.94. The van der Waals surface area contributed by atoms with E-state index in [2.05, 4.69) is 18.9 Å². The van der Waals surface area contributed by atoms with Crippen LogP contribution in [0.25, 0.3) is 11.3 Å². The number of hydrogen-bond donors (Lipinski definition) is 0. The molecule has 0 atom stereocenters. The molecular formula is C14H16N2O2. The highest BCUT2D eigenvalue weighted by atomic mass is 16.5. The zero-order chi connectivity index (χ0) is 13.1. The fourth-order valence-electron chi connectivity index (χ4n) is 1.94. The van der Waals surface area contributed by atoms with Crippen molar-refractivity contribution in [3.05, 3.63) is 36.0 Å². The van der Waals surface area contributed by atoms with Crippen molar-refractivity contribution in [3.8, 4) is 17.0 Å². The molecule has 0 saturated carbocycles. The third-order valence-electron chi connectivity index (χ3n) is 2.80. The van der Waals surface area contributed by atoms with Gasteiger partial charge in [-0.15, -0.1) is 0 Å². The molecule has 0 aliphatic carbocycles. The first-order valence-electron chi connectivity index (χ1n) is 5.84. The lowest BCUT2D eigenvalue weighted by atomic mass is 10.1. The number of rotatable bonds is 4. The van der Waals surface area contributed by atoms with Crippen molar-refractivity contribution in [2.24, 2.45) is 0 Å². The molecule has 0 amide bonds. The molecule has 0 bridgehead atoms. The van der Waals surface area contributed by atoms with E-state index in [1.807, 2.05) is 16.8 Å². The van der Waals surface area contributed by atoms with Crippen LogP contribution >= 0.6 is 0 Å². The monoisotopic (exact) mass is 244 g/mol. The van der Waals surface area contributed by atoms with Crippen molar-refractivity contribution in [3.63, 3.8) is 0 Å². The number of nitrogens with zero attached hydrogens (tertiary/aromatic N) is 2. The molecule has 0 radical (unpaired) electrons. The lowest BCUT2D eigenvalue weighted by Gasteiger charge is -2.14. The maximum atomic E-state index is 10.9. The molecule has 18 heavy (non-hydrogen) atoms. The normalized spacial score (nSPS) is 10.7. The van der Waals surface area contributed by atoms with E-state index >= 15 is 0 Å². The first-order valence-corrected chi connectivity index (χ1v) is 5.84. The predicted molar refractivity (Wildman–Crippen MR) is 70.0 cm³/mol. The molecule has 0 spiro atoms. The molecular weight excluding hydrogens is 228 g/mol. The second-order valence-electron chi connectivity index (χ2n) is 4.33. The largest absolute Gasteiger partial charge is 0.496 e. The van der Waals surface area contributed by atoms with E-state index < -0.39 is 0 Å². The van der Waals surface area contributed by atoms with Crippen LogP contribution in [0.5, 0.6) is 5.75 Å². The first-order chi connectivity index (χ1) is 8.67. The Kier molecular flexibility index (Phi) is 3.46. The molecule has 2 aromatic rings. The van der Waals surface area contributed by atoms with E-state index in [1.54, 1.807) is 25.4 Å². The second kappa shape index (κ2) is 5.04. The highest BCUT2D eigenvalue weighted by Gasteiger charge is 2.13. The smallest absolute Gasteiger partial charge is 0.150 e. The Morgan fingerprint density at radius 2 is 2.11 bits per heavy atom. The van der Waals surface area contributed by atoms with E-state index in [-0.39, 0.29) is 6.04 Å². The van der Waals surface area contributed by atoms with Gasteiger partial charge in [0.15, 0.2) is 0 Å². The van der Waals surface area contributed by atoms with E-state index in [9.17, 15) is 4.79 Å². The Morgan fingerprint density at radius 1 is 1.33 bits per heavy atom. The van der Waals surface area contributed by atoms with E-state index in [0.29, 0.717) is 5.56 Å². The van der Waals surface area contributed by atoms with Crippen molar-refractivity contribution in [1.82, 2.24) is 9.78 Å². The van der Waals surface area contributed by atoms with Crippen LogP contribution in [0.3, 0.4) is 0 Å². The lowest BCUT2D eigenvalue weighted by molar-refractivity contribution is 0.112.